The molecule has 4 rings (SSSR count). The first kappa shape index (κ1) is 27.8. The Bertz CT molecular complexity index is 1310. The van der Waals surface area contributed by atoms with E-state index < -0.39 is 17.2 Å². The molecule has 0 spiro atoms. The Morgan fingerprint density at radius 3 is 1.44 bits per heavy atom. The topological polar surface area (TPSA) is 55.4 Å². The molecule has 0 aliphatic carbocycles. The molecule has 4 aromatic carbocycles. The summed E-state index contributed by atoms with van der Waals surface area (Å²) in [6, 6.07) is 35.3. The van der Waals surface area contributed by atoms with Crippen LogP contribution in [0.25, 0.3) is 0 Å². The lowest BCUT2D eigenvalue weighted by Gasteiger charge is -2.20. The first-order chi connectivity index (χ1) is 19.2. The Hall–Kier alpha value is -4.24. The molecule has 6 nitrogen and oxygen atoms in total. The molecule has 0 N–H and O–H groups in total. The van der Waals surface area contributed by atoms with Gasteiger partial charge in [-0.1, -0.05) is 85.5 Å². The monoisotopic (exact) mass is 558 g/mol. The molecular formula is C31H28O6P2. The maximum absolute atomic E-state index is 6.15. The highest BCUT2D eigenvalue weighted by molar-refractivity contribution is 7.43. The van der Waals surface area contributed by atoms with Crippen molar-refractivity contribution in [3.63, 3.8) is 0 Å². The average molecular weight is 559 g/mol. The fourth-order valence-corrected chi connectivity index (χ4v) is 4.96. The molecule has 0 aliphatic rings. The fraction of sp³-hybridized carbons (Fsp3) is 0.0323. The number of rotatable bonds is 14. The Morgan fingerprint density at radius 1 is 0.538 bits per heavy atom. The van der Waals surface area contributed by atoms with Crippen molar-refractivity contribution in [2.45, 2.75) is 6.92 Å². The maximum atomic E-state index is 6.15. The van der Waals surface area contributed by atoms with Crippen LogP contribution in [-0.4, -0.2) is 0 Å². The number of benzene rings is 4. The minimum absolute atomic E-state index is 0.498. The van der Waals surface area contributed by atoms with E-state index in [0.29, 0.717) is 34.5 Å². The van der Waals surface area contributed by atoms with E-state index in [0.717, 1.165) is 0 Å². The summed E-state index contributed by atoms with van der Waals surface area (Å²) in [6.07, 6.45) is 7.13. The van der Waals surface area contributed by atoms with E-state index in [-0.39, 0.29) is 0 Å². The molecule has 0 aromatic heterocycles. The fourth-order valence-electron chi connectivity index (χ4n) is 2.99. The van der Waals surface area contributed by atoms with Crippen LogP contribution in [-0.2, 0) is 4.52 Å². The third-order valence-corrected chi connectivity index (χ3v) is 6.97. The molecule has 8 heteroatoms. The van der Waals surface area contributed by atoms with Crippen LogP contribution in [0.3, 0.4) is 0 Å². The Kier molecular flexibility index (Phi) is 10.9. The zero-order valence-electron chi connectivity index (χ0n) is 21.3. The van der Waals surface area contributed by atoms with Crippen molar-refractivity contribution in [3.8, 4) is 28.7 Å². The third-order valence-electron chi connectivity index (χ3n) is 4.73. The van der Waals surface area contributed by atoms with Crippen LogP contribution in [0.5, 0.6) is 28.7 Å². The van der Waals surface area contributed by atoms with Crippen LogP contribution in [0, 0.1) is 0 Å². The number of allylic oxidation sites excluding steroid dienone is 5. The number of para-hydroxylation sites is 3. The van der Waals surface area contributed by atoms with Crippen molar-refractivity contribution >= 4 is 17.2 Å². The predicted octanol–water partition coefficient (Wildman–Crippen LogP) is 9.80. The van der Waals surface area contributed by atoms with Crippen LogP contribution in [0.1, 0.15) is 6.92 Å². The van der Waals surface area contributed by atoms with Gasteiger partial charge in [-0.3, -0.25) is 0 Å². The molecule has 0 amide bonds. The SMILES string of the molecule is C=C/C=C\C=C(/C)OP(Oc1ccccc1)Oc1cccc(OP(Oc2ccccc2)Oc2ccccc2)c1. The van der Waals surface area contributed by atoms with Crippen LogP contribution in [0.2, 0.25) is 0 Å². The lowest BCUT2D eigenvalue weighted by molar-refractivity contribution is 0.331. The van der Waals surface area contributed by atoms with Crippen molar-refractivity contribution in [2.24, 2.45) is 0 Å². The zero-order valence-corrected chi connectivity index (χ0v) is 23.1. The van der Waals surface area contributed by atoms with Gasteiger partial charge in [0.05, 0.1) is 0 Å². The summed E-state index contributed by atoms with van der Waals surface area (Å²) in [7, 11) is -3.65. The first-order valence-electron chi connectivity index (χ1n) is 12.1. The standard InChI is InChI=1S/C31H28O6P2/c1-3-4-8-16-26(2)32-38(33-27-17-9-5-10-18-27)36-30-23-15-24-31(25-30)37-39(34-28-19-11-6-12-20-28)35-29-21-13-7-14-22-29/h3-25H,1H2,2H3/b8-4-,26-16+. The predicted molar refractivity (Wildman–Crippen MR) is 157 cm³/mol. The summed E-state index contributed by atoms with van der Waals surface area (Å²) in [6.45, 7) is 5.50. The van der Waals surface area contributed by atoms with E-state index in [1.165, 1.54) is 0 Å². The van der Waals surface area contributed by atoms with Crippen LogP contribution in [0.15, 0.2) is 152 Å². The maximum Gasteiger partial charge on any atom is 0.530 e. The highest BCUT2D eigenvalue weighted by Gasteiger charge is 2.22. The molecule has 0 bridgehead atoms. The largest absolute Gasteiger partial charge is 0.530 e. The van der Waals surface area contributed by atoms with Crippen molar-refractivity contribution in [3.05, 3.63) is 152 Å². The minimum Gasteiger partial charge on any atom is -0.413 e. The number of hydrogen-bond acceptors (Lipinski definition) is 6. The summed E-state index contributed by atoms with van der Waals surface area (Å²) < 4.78 is 36.4. The van der Waals surface area contributed by atoms with Gasteiger partial charge in [0.25, 0.3) is 0 Å². The molecule has 0 aliphatic heterocycles. The van der Waals surface area contributed by atoms with E-state index >= 15 is 0 Å². The van der Waals surface area contributed by atoms with Crippen LogP contribution < -0.4 is 22.6 Å². The molecule has 39 heavy (non-hydrogen) atoms. The van der Waals surface area contributed by atoms with Gasteiger partial charge in [-0.15, -0.1) is 0 Å². The van der Waals surface area contributed by atoms with Gasteiger partial charge in [-0.05, 0) is 61.5 Å². The smallest absolute Gasteiger partial charge is 0.413 e. The molecule has 0 fully saturated rings. The summed E-state index contributed by atoms with van der Waals surface area (Å²) >= 11 is 0. The van der Waals surface area contributed by atoms with Gasteiger partial charge in [-0.2, -0.15) is 0 Å². The van der Waals surface area contributed by atoms with Gasteiger partial charge in [0, 0.05) is 6.07 Å². The first-order valence-corrected chi connectivity index (χ1v) is 14.3. The molecule has 1 unspecified atom stereocenters. The zero-order chi connectivity index (χ0) is 27.1. The second-order valence-corrected chi connectivity index (χ2v) is 9.80. The lowest BCUT2D eigenvalue weighted by atomic mass is 10.3. The van der Waals surface area contributed by atoms with Crippen molar-refractivity contribution in [1.29, 1.82) is 0 Å². The number of hydrogen-bond donors (Lipinski definition) is 0. The van der Waals surface area contributed by atoms with E-state index in [9.17, 15) is 0 Å². The second kappa shape index (κ2) is 15.2. The van der Waals surface area contributed by atoms with Gasteiger partial charge in [0.15, 0.2) is 0 Å². The summed E-state index contributed by atoms with van der Waals surface area (Å²) in [5.41, 5.74) is 0. The summed E-state index contributed by atoms with van der Waals surface area (Å²) in [5.74, 6) is 3.51. The van der Waals surface area contributed by atoms with Gasteiger partial charge >= 0.3 is 17.2 Å². The average Bonchev–Trinajstić information content (AvgIpc) is 2.95. The van der Waals surface area contributed by atoms with E-state index in [1.54, 1.807) is 24.3 Å². The normalized spacial score (nSPS) is 12.0. The third kappa shape index (κ3) is 9.86. The summed E-state index contributed by atoms with van der Waals surface area (Å²) in [5, 5.41) is 0. The van der Waals surface area contributed by atoms with Gasteiger partial charge < -0.3 is 27.1 Å². The van der Waals surface area contributed by atoms with Gasteiger partial charge in [0.2, 0.25) is 0 Å². The van der Waals surface area contributed by atoms with Gasteiger partial charge in [0.1, 0.15) is 34.5 Å². The van der Waals surface area contributed by atoms with E-state index in [1.807, 2.05) is 122 Å². The molecule has 0 saturated carbocycles. The molecule has 1 atom stereocenters. The second-order valence-electron chi connectivity index (χ2n) is 7.81. The van der Waals surface area contributed by atoms with Crippen LogP contribution >= 0.6 is 17.2 Å². The molecule has 0 heterocycles. The molecule has 4 aromatic rings. The highest BCUT2D eigenvalue weighted by atomic mass is 31.2. The molecular weight excluding hydrogens is 530 g/mol. The Balaban J connectivity index is 1.50. The van der Waals surface area contributed by atoms with E-state index in [4.69, 9.17) is 27.1 Å². The molecule has 198 valence electrons. The van der Waals surface area contributed by atoms with Crippen LogP contribution in [0.4, 0.5) is 0 Å². The Morgan fingerprint density at radius 2 is 0.949 bits per heavy atom. The van der Waals surface area contributed by atoms with Crippen molar-refractivity contribution < 1.29 is 27.1 Å². The van der Waals surface area contributed by atoms with Crippen molar-refractivity contribution in [1.82, 2.24) is 0 Å². The quantitative estimate of drug-likeness (QED) is 0.0872. The Labute approximate surface area is 231 Å². The van der Waals surface area contributed by atoms with Gasteiger partial charge in [-0.25, -0.2) is 0 Å². The van der Waals surface area contributed by atoms with E-state index in [2.05, 4.69) is 6.58 Å². The summed E-state index contributed by atoms with van der Waals surface area (Å²) in [4.78, 5) is 0. The highest BCUT2D eigenvalue weighted by Crippen LogP contribution is 2.46. The lowest BCUT2D eigenvalue weighted by Crippen LogP contribution is -2.03. The van der Waals surface area contributed by atoms with Crippen molar-refractivity contribution in [2.75, 3.05) is 0 Å². The minimum atomic E-state index is -1.83. The molecule has 0 radical (unpaired) electrons. The molecule has 0 saturated heterocycles.